The Hall–Kier alpha value is -2.08. The Morgan fingerprint density at radius 3 is 2.86 bits per heavy atom. The molecule has 1 saturated heterocycles. The number of urea groups is 1. The Labute approximate surface area is 129 Å². The van der Waals surface area contributed by atoms with Crippen molar-refractivity contribution in [1.82, 2.24) is 10.2 Å². The molecule has 1 aromatic carbocycles. The summed E-state index contributed by atoms with van der Waals surface area (Å²) in [6.07, 6.45) is 2.14. The van der Waals surface area contributed by atoms with Gasteiger partial charge in [-0.15, -0.1) is 0 Å². The van der Waals surface area contributed by atoms with E-state index in [-0.39, 0.29) is 18.0 Å². The number of rotatable bonds is 3. The number of carbonyl (C=O) groups excluding carboxylic acids is 2. The summed E-state index contributed by atoms with van der Waals surface area (Å²) in [6.45, 7) is 3.72. The summed E-state index contributed by atoms with van der Waals surface area (Å²) in [6, 6.07) is 7.14. The molecule has 0 aromatic heterocycles. The Bertz CT molecular complexity index is 572. The highest BCUT2D eigenvalue weighted by Gasteiger charge is 2.24. The third-order valence-corrected chi connectivity index (χ3v) is 3.81. The van der Waals surface area contributed by atoms with E-state index in [1.54, 1.807) is 29.2 Å². The molecule has 2 N–H and O–H groups in total. The van der Waals surface area contributed by atoms with Crippen molar-refractivity contribution < 1.29 is 14.3 Å². The second kappa shape index (κ2) is 6.36. The maximum atomic E-state index is 12.5. The van der Waals surface area contributed by atoms with Crippen molar-refractivity contribution in [3.63, 3.8) is 0 Å². The molecule has 2 fully saturated rings. The molecule has 1 aliphatic carbocycles. The number of hydrogen-bond acceptors (Lipinski definition) is 3. The lowest BCUT2D eigenvalue weighted by Gasteiger charge is -2.31. The first-order valence-corrected chi connectivity index (χ1v) is 7.70. The second-order valence-electron chi connectivity index (χ2n) is 5.89. The monoisotopic (exact) mass is 303 g/mol. The van der Waals surface area contributed by atoms with E-state index in [1.807, 2.05) is 6.92 Å². The first-order valence-electron chi connectivity index (χ1n) is 7.70. The van der Waals surface area contributed by atoms with Crippen LogP contribution in [0.25, 0.3) is 0 Å². The molecule has 1 heterocycles. The van der Waals surface area contributed by atoms with E-state index in [1.165, 1.54) is 0 Å². The van der Waals surface area contributed by atoms with Gasteiger partial charge in [0, 0.05) is 30.4 Å². The highest BCUT2D eigenvalue weighted by molar-refractivity contribution is 5.97. The Balaban J connectivity index is 1.64. The zero-order valence-corrected chi connectivity index (χ0v) is 12.7. The van der Waals surface area contributed by atoms with Crippen LogP contribution >= 0.6 is 0 Å². The van der Waals surface area contributed by atoms with Gasteiger partial charge in [0.2, 0.25) is 0 Å². The van der Waals surface area contributed by atoms with Crippen molar-refractivity contribution in [1.29, 1.82) is 0 Å². The summed E-state index contributed by atoms with van der Waals surface area (Å²) < 4.78 is 5.45. The zero-order chi connectivity index (χ0) is 15.5. The number of benzene rings is 1. The predicted molar refractivity (Wildman–Crippen MR) is 82.9 cm³/mol. The third kappa shape index (κ3) is 3.76. The number of anilines is 1. The zero-order valence-electron chi connectivity index (χ0n) is 12.7. The van der Waals surface area contributed by atoms with Crippen LogP contribution in [-0.4, -0.2) is 48.7 Å². The molecule has 3 rings (SSSR count). The molecule has 1 aromatic rings. The first kappa shape index (κ1) is 14.8. The van der Waals surface area contributed by atoms with Gasteiger partial charge in [-0.1, -0.05) is 6.07 Å². The average molecular weight is 303 g/mol. The maximum Gasteiger partial charge on any atom is 0.319 e. The second-order valence-corrected chi connectivity index (χ2v) is 5.89. The van der Waals surface area contributed by atoms with E-state index >= 15 is 0 Å². The van der Waals surface area contributed by atoms with Crippen LogP contribution in [0.1, 0.15) is 30.1 Å². The SMILES string of the molecule is CC1CN(C(=O)c2cccc(NC(=O)NC3CC3)c2)CCO1. The molecule has 3 amide bonds. The van der Waals surface area contributed by atoms with Crippen molar-refractivity contribution in [2.45, 2.75) is 31.9 Å². The van der Waals surface area contributed by atoms with Crippen molar-refractivity contribution in [3.05, 3.63) is 29.8 Å². The Kier molecular flexibility index (Phi) is 4.29. The fraction of sp³-hybridized carbons (Fsp3) is 0.500. The first-order chi connectivity index (χ1) is 10.6. The number of carbonyl (C=O) groups is 2. The summed E-state index contributed by atoms with van der Waals surface area (Å²) in [4.78, 5) is 26.1. The van der Waals surface area contributed by atoms with Gasteiger partial charge < -0.3 is 20.3 Å². The molecule has 1 aliphatic heterocycles. The molecule has 1 saturated carbocycles. The fourth-order valence-electron chi connectivity index (χ4n) is 2.50. The minimum absolute atomic E-state index is 0.0265. The molecule has 0 radical (unpaired) electrons. The molecule has 2 aliphatic rings. The van der Waals surface area contributed by atoms with E-state index in [9.17, 15) is 9.59 Å². The van der Waals surface area contributed by atoms with E-state index in [0.29, 0.717) is 37.0 Å². The van der Waals surface area contributed by atoms with Crippen molar-refractivity contribution in [3.8, 4) is 0 Å². The van der Waals surface area contributed by atoms with Gasteiger partial charge in [-0.05, 0) is 38.0 Å². The smallest absolute Gasteiger partial charge is 0.319 e. The van der Waals surface area contributed by atoms with Gasteiger partial charge in [-0.3, -0.25) is 4.79 Å². The number of nitrogens with one attached hydrogen (secondary N) is 2. The van der Waals surface area contributed by atoms with Crippen LogP contribution in [0.2, 0.25) is 0 Å². The fourth-order valence-corrected chi connectivity index (χ4v) is 2.50. The van der Waals surface area contributed by atoms with Crippen LogP contribution in [0.3, 0.4) is 0 Å². The van der Waals surface area contributed by atoms with E-state index in [0.717, 1.165) is 12.8 Å². The Morgan fingerprint density at radius 1 is 1.32 bits per heavy atom. The number of hydrogen-bond donors (Lipinski definition) is 2. The van der Waals surface area contributed by atoms with Crippen molar-refractivity contribution in [2.24, 2.45) is 0 Å². The van der Waals surface area contributed by atoms with E-state index in [4.69, 9.17) is 4.74 Å². The maximum absolute atomic E-state index is 12.5. The molecule has 6 nitrogen and oxygen atoms in total. The van der Waals surface area contributed by atoms with Crippen LogP contribution in [0.4, 0.5) is 10.5 Å². The predicted octanol–water partition coefficient (Wildman–Crippen LogP) is 1.83. The molecular formula is C16H21N3O3. The lowest BCUT2D eigenvalue weighted by Crippen LogP contribution is -2.44. The molecule has 1 unspecified atom stereocenters. The van der Waals surface area contributed by atoms with E-state index in [2.05, 4.69) is 10.6 Å². The minimum Gasteiger partial charge on any atom is -0.375 e. The highest BCUT2D eigenvalue weighted by Crippen LogP contribution is 2.19. The molecule has 6 heteroatoms. The van der Waals surface area contributed by atoms with Crippen molar-refractivity contribution >= 4 is 17.6 Å². The lowest BCUT2D eigenvalue weighted by atomic mass is 10.1. The van der Waals surface area contributed by atoms with Gasteiger partial charge in [0.15, 0.2) is 0 Å². The lowest BCUT2D eigenvalue weighted by molar-refractivity contribution is -0.0124. The highest BCUT2D eigenvalue weighted by atomic mass is 16.5. The Morgan fingerprint density at radius 2 is 2.14 bits per heavy atom. The molecule has 0 spiro atoms. The molecule has 1 atom stereocenters. The summed E-state index contributed by atoms with van der Waals surface area (Å²) in [5, 5.41) is 5.63. The van der Waals surface area contributed by atoms with Crippen LogP contribution in [0.5, 0.6) is 0 Å². The molecule has 22 heavy (non-hydrogen) atoms. The average Bonchev–Trinajstić information content (AvgIpc) is 3.30. The van der Waals surface area contributed by atoms with Crippen LogP contribution < -0.4 is 10.6 Å². The standard InChI is InChI=1S/C16H21N3O3/c1-11-10-19(7-8-22-11)15(20)12-3-2-4-14(9-12)18-16(21)17-13-5-6-13/h2-4,9,11,13H,5-8,10H2,1H3,(H2,17,18,21). The van der Waals surface area contributed by atoms with Crippen LogP contribution in [-0.2, 0) is 4.74 Å². The summed E-state index contributed by atoms with van der Waals surface area (Å²) >= 11 is 0. The quantitative estimate of drug-likeness (QED) is 0.895. The van der Waals surface area contributed by atoms with Gasteiger partial charge in [0.1, 0.15) is 0 Å². The normalized spacial score (nSPS) is 21.3. The summed E-state index contributed by atoms with van der Waals surface area (Å²) in [7, 11) is 0. The number of ether oxygens (including phenoxy) is 1. The van der Waals surface area contributed by atoms with Gasteiger partial charge in [-0.2, -0.15) is 0 Å². The van der Waals surface area contributed by atoms with Gasteiger partial charge in [-0.25, -0.2) is 4.79 Å². The van der Waals surface area contributed by atoms with Gasteiger partial charge in [0.05, 0.1) is 12.7 Å². The summed E-state index contributed by atoms with van der Waals surface area (Å²) in [5.74, 6) is -0.0265. The summed E-state index contributed by atoms with van der Waals surface area (Å²) in [5.41, 5.74) is 1.21. The third-order valence-electron chi connectivity index (χ3n) is 3.81. The van der Waals surface area contributed by atoms with Gasteiger partial charge >= 0.3 is 6.03 Å². The van der Waals surface area contributed by atoms with Crippen LogP contribution in [0, 0.1) is 0 Å². The van der Waals surface area contributed by atoms with Gasteiger partial charge in [0.25, 0.3) is 5.91 Å². The largest absolute Gasteiger partial charge is 0.375 e. The van der Waals surface area contributed by atoms with Crippen molar-refractivity contribution in [2.75, 3.05) is 25.0 Å². The number of amides is 3. The number of morpholine rings is 1. The van der Waals surface area contributed by atoms with E-state index < -0.39 is 0 Å². The minimum atomic E-state index is -0.216. The van der Waals surface area contributed by atoms with Crippen LogP contribution in [0.15, 0.2) is 24.3 Å². The molecular weight excluding hydrogens is 282 g/mol. The molecule has 0 bridgehead atoms. The molecule has 118 valence electrons. The number of nitrogens with zero attached hydrogens (tertiary/aromatic N) is 1. The topological polar surface area (TPSA) is 70.7 Å².